The van der Waals surface area contributed by atoms with Crippen LogP contribution in [0.3, 0.4) is 0 Å². The molecule has 3 aromatic rings. The number of anilines is 1. The van der Waals surface area contributed by atoms with Gasteiger partial charge in [0, 0.05) is 5.39 Å². The van der Waals surface area contributed by atoms with E-state index in [0.29, 0.717) is 16.6 Å². The van der Waals surface area contributed by atoms with Gasteiger partial charge in [-0.05, 0) is 23.7 Å². The molecule has 0 aliphatic rings. The lowest BCUT2D eigenvalue weighted by Crippen LogP contribution is -2.12. The van der Waals surface area contributed by atoms with Gasteiger partial charge in [0.2, 0.25) is 15.3 Å². The molecule has 2 heterocycles. The molecule has 0 aliphatic heterocycles. The number of hydrogen-bond acceptors (Lipinski definition) is 5. The molecule has 6 nitrogen and oxygen atoms in total. The largest absolute Gasteiger partial charge is 0.397 e. The van der Waals surface area contributed by atoms with Crippen molar-refractivity contribution < 1.29 is 8.42 Å². The quantitative estimate of drug-likeness (QED) is 0.563. The van der Waals surface area contributed by atoms with Crippen LogP contribution in [0.5, 0.6) is 0 Å². The van der Waals surface area contributed by atoms with Crippen LogP contribution in [-0.2, 0) is 10.0 Å². The molecule has 0 saturated heterocycles. The number of nitrogens with zero attached hydrogens (tertiary/aromatic N) is 3. The van der Waals surface area contributed by atoms with E-state index in [2.05, 4.69) is 9.97 Å². The smallest absolute Gasteiger partial charge is 0.236 e. The average molecular weight is 357 g/mol. The number of nitrogens with two attached hydrogens (primary N) is 1. The molecule has 9 heteroatoms. The van der Waals surface area contributed by atoms with Gasteiger partial charge in [-0.2, -0.15) is 0 Å². The molecule has 114 valence electrons. The molecule has 0 amide bonds. The van der Waals surface area contributed by atoms with E-state index in [1.165, 1.54) is 6.20 Å². The molecule has 0 spiro atoms. The molecule has 0 atom stereocenters. The molecule has 22 heavy (non-hydrogen) atoms. The predicted octanol–water partition coefficient (Wildman–Crippen LogP) is 2.79. The van der Waals surface area contributed by atoms with E-state index in [1.807, 2.05) is 0 Å². The van der Waals surface area contributed by atoms with Crippen molar-refractivity contribution in [3.8, 4) is 11.4 Å². The van der Waals surface area contributed by atoms with Crippen LogP contribution < -0.4 is 5.73 Å². The zero-order chi connectivity index (χ0) is 16.1. The number of fused-ring (bicyclic) bond motifs is 1. The SMILES string of the molecule is CS(=O)(=O)n1c(-c2nc(Cl)ncc2Cl)cc2cccc(N)c21. The lowest BCUT2D eigenvalue weighted by Gasteiger charge is -2.10. The van der Waals surface area contributed by atoms with E-state index in [-0.39, 0.29) is 21.7 Å². The first kappa shape index (κ1) is 15.1. The Morgan fingerprint density at radius 3 is 2.68 bits per heavy atom. The summed E-state index contributed by atoms with van der Waals surface area (Å²) < 4.78 is 25.6. The fraction of sp³-hybridized carbons (Fsp3) is 0.0769. The Labute approximate surface area is 136 Å². The Bertz CT molecular complexity index is 999. The molecule has 0 radical (unpaired) electrons. The third-order valence-electron chi connectivity index (χ3n) is 3.10. The molecule has 0 bridgehead atoms. The summed E-state index contributed by atoms with van der Waals surface area (Å²) in [7, 11) is -3.64. The van der Waals surface area contributed by atoms with Gasteiger partial charge in [-0.1, -0.05) is 23.7 Å². The first-order chi connectivity index (χ1) is 10.3. The highest BCUT2D eigenvalue weighted by atomic mass is 35.5. The molecule has 2 N–H and O–H groups in total. The summed E-state index contributed by atoms with van der Waals surface area (Å²) in [6.45, 7) is 0. The minimum absolute atomic E-state index is 0.0299. The number of hydrogen-bond donors (Lipinski definition) is 1. The summed E-state index contributed by atoms with van der Waals surface area (Å²) in [5.41, 5.74) is 7.16. The number of halogens is 2. The van der Waals surface area contributed by atoms with Gasteiger partial charge in [0.05, 0.1) is 34.4 Å². The van der Waals surface area contributed by atoms with E-state index < -0.39 is 10.0 Å². The lowest BCUT2D eigenvalue weighted by atomic mass is 10.2. The van der Waals surface area contributed by atoms with Crippen LogP contribution in [-0.4, -0.2) is 28.6 Å². The van der Waals surface area contributed by atoms with Crippen molar-refractivity contribution in [2.45, 2.75) is 0 Å². The number of para-hydroxylation sites is 1. The van der Waals surface area contributed by atoms with Gasteiger partial charge in [0.15, 0.2) is 0 Å². The first-order valence-electron chi connectivity index (χ1n) is 6.08. The van der Waals surface area contributed by atoms with Crippen LogP contribution in [0.1, 0.15) is 0 Å². The number of rotatable bonds is 2. The van der Waals surface area contributed by atoms with E-state index in [1.54, 1.807) is 24.3 Å². The van der Waals surface area contributed by atoms with Crippen molar-refractivity contribution in [1.29, 1.82) is 0 Å². The van der Waals surface area contributed by atoms with E-state index in [9.17, 15) is 8.42 Å². The van der Waals surface area contributed by atoms with E-state index in [4.69, 9.17) is 28.9 Å². The Morgan fingerprint density at radius 2 is 2.00 bits per heavy atom. The first-order valence-corrected chi connectivity index (χ1v) is 8.68. The molecular formula is C13H10Cl2N4O2S. The third-order valence-corrected chi connectivity index (χ3v) is 4.60. The van der Waals surface area contributed by atoms with Gasteiger partial charge < -0.3 is 5.73 Å². The second-order valence-electron chi connectivity index (χ2n) is 4.68. The summed E-state index contributed by atoms with van der Waals surface area (Å²) in [6.07, 6.45) is 2.40. The van der Waals surface area contributed by atoms with Gasteiger partial charge in [-0.15, -0.1) is 0 Å². The minimum atomic E-state index is -3.64. The maximum absolute atomic E-state index is 12.2. The van der Waals surface area contributed by atoms with Crippen LogP contribution in [0.15, 0.2) is 30.5 Å². The highest BCUT2D eigenvalue weighted by Crippen LogP contribution is 2.34. The lowest BCUT2D eigenvalue weighted by molar-refractivity contribution is 0.595. The van der Waals surface area contributed by atoms with Gasteiger partial charge in [-0.25, -0.2) is 22.4 Å². The van der Waals surface area contributed by atoms with Crippen molar-refractivity contribution >= 4 is 49.8 Å². The number of aromatic nitrogens is 3. The second kappa shape index (κ2) is 5.12. The summed E-state index contributed by atoms with van der Waals surface area (Å²) in [4.78, 5) is 7.81. The van der Waals surface area contributed by atoms with Gasteiger partial charge >= 0.3 is 0 Å². The average Bonchev–Trinajstić information content (AvgIpc) is 2.82. The molecule has 0 fully saturated rings. The van der Waals surface area contributed by atoms with Crippen molar-refractivity contribution in [3.05, 3.63) is 40.8 Å². The molecule has 2 aromatic heterocycles. The zero-order valence-corrected chi connectivity index (χ0v) is 13.6. The fourth-order valence-electron chi connectivity index (χ4n) is 2.29. The number of benzene rings is 1. The molecule has 0 aliphatic carbocycles. The van der Waals surface area contributed by atoms with Crippen LogP contribution in [0.4, 0.5) is 5.69 Å². The van der Waals surface area contributed by atoms with E-state index in [0.717, 1.165) is 10.2 Å². The zero-order valence-electron chi connectivity index (χ0n) is 11.3. The highest BCUT2D eigenvalue weighted by Gasteiger charge is 2.22. The molecular weight excluding hydrogens is 347 g/mol. The summed E-state index contributed by atoms with van der Waals surface area (Å²) >= 11 is 11.9. The van der Waals surface area contributed by atoms with Gasteiger partial charge in [0.25, 0.3) is 0 Å². The predicted molar refractivity (Wildman–Crippen MR) is 87.6 cm³/mol. The monoisotopic (exact) mass is 356 g/mol. The highest BCUT2D eigenvalue weighted by molar-refractivity contribution is 7.89. The molecule has 0 saturated carbocycles. The molecule has 1 aromatic carbocycles. The fourth-order valence-corrected chi connectivity index (χ4v) is 3.65. The third kappa shape index (κ3) is 2.41. The Kier molecular flexibility index (Phi) is 3.51. The summed E-state index contributed by atoms with van der Waals surface area (Å²) in [5.74, 6) is 0. The van der Waals surface area contributed by atoms with Crippen molar-refractivity contribution in [2.75, 3.05) is 12.0 Å². The Balaban J connectivity index is 2.50. The van der Waals surface area contributed by atoms with Crippen LogP contribution in [0, 0.1) is 0 Å². The molecule has 3 rings (SSSR count). The topological polar surface area (TPSA) is 90.9 Å². The van der Waals surface area contributed by atoms with Crippen LogP contribution in [0.2, 0.25) is 10.3 Å². The van der Waals surface area contributed by atoms with Crippen LogP contribution in [0.25, 0.3) is 22.3 Å². The molecule has 0 unspecified atom stereocenters. The normalized spacial score (nSPS) is 12.0. The summed E-state index contributed by atoms with van der Waals surface area (Å²) in [6, 6.07) is 6.77. The number of nitrogen functional groups attached to an aromatic ring is 1. The van der Waals surface area contributed by atoms with Crippen LogP contribution >= 0.6 is 23.2 Å². The van der Waals surface area contributed by atoms with Crippen molar-refractivity contribution in [3.63, 3.8) is 0 Å². The van der Waals surface area contributed by atoms with E-state index >= 15 is 0 Å². The Morgan fingerprint density at radius 1 is 1.27 bits per heavy atom. The van der Waals surface area contributed by atoms with Gasteiger partial charge in [-0.3, -0.25) is 0 Å². The second-order valence-corrected chi connectivity index (χ2v) is 7.25. The van der Waals surface area contributed by atoms with Gasteiger partial charge in [0.1, 0.15) is 5.69 Å². The van der Waals surface area contributed by atoms with Crippen molar-refractivity contribution in [2.24, 2.45) is 0 Å². The Hall–Kier alpha value is -1.83. The summed E-state index contributed by atoms with van der Waals surface area (Å²) in [5, 5.41) is 0.819. The van der Waals surface area contributed by atoms with Crippen molar-refractivity contribution in [1.82, 2.24) is 13.9 Å². The maximum Gasteiger partial charge on any atom is 0.236 e. The maximum atomic E-state index is 12.2. The minimum Gasteiger partial charge on any atom is -0.397 e. The standard InChI is InChI=1S/C13H10Cl2N4O2S/c1-22(20,21)19-10(11-8(14)6-17-13(15)18-11)5-7-3-2-4-9(16)12(7)19/h2-6H,16H2,1H3.